The average Bonchev–Trinajstić information content (AvgIpc) is 2.74. The minimum Gasteiger partial charge on any atom is -0.465 e. The topological polar surface area (TPSA) is 99.9 Å². The molecule has 0 aliphatic rings. The molecular formula is C23H17N3O2. The van der Waals surface area contributed by atoms with Gasteiger partial charge in [0.05, 0.1) is 29.5 Å². The van der Waals surface area contributed by atoms with Crippen LogP contribution in [0.5, 0.6) is 0 Å². The van der Waals surface area contributed by atoms with Crippen molar-refractivity contribution in [2.24, 2.45) is 0 Å². The molecule has 5 nitrogen and oxygen atoms in total. The lowest BCUT2D eigenvalue weighted by Gasteiger charge is -2.18. The molecule has 0 heterocycles. The molecule has 0 saturated heterocycles. The summed E-state index contributed by atoms with van der Waals surface area (Å²) >= 11 is 0. The molecule has 0 amide bonds. The highest BCUT2D eigenvalue weighted by atomic mass is 16.5. The highest BCUT2D eigenvalue weighted by Crippen LogP contribution is 2.41. The molecule has 2 N–H and O–H groups in total. The van der Waals surface area contributed by atoms with Gasteiger partial charge in [-0.15, -0.1) is 0 Å². The fourth-order valence-corrected chi connectivity index (χ4v) is 3.34. The molecule has 3 aromatic carbocycles. The summed E-state index contributed by atoms with van der Waals surface area (Å²) in [5.74, 6) is -0.437. The first-order valence-electron chi connectivity index (χ1n) is 8.53. The summed E-state index contributed by atoms with van der Waals surface area (Å²) in [7, 11) is 1.32. The lowest BCUT2D eigenvalue weighted by Crippen LogP contribution is -2.04. The monoisotopic (exact) mass is 367 g/mol. The van der Waals surface area contributed by atoms with E-state index in [1.54, 1.807) is 24.3 Å². The van der Waals surface area contributed by atoms with Crippen molar-refractivity contribution < 1.29 is 9.53 Å². The molecule has 0 fully saturated rings. The maximum absolute atomic E-state index is 11.7. The SMILES string of the molecule is COC(=O)c1ccc(-c2c(C)c(-c3ccccc3)c(C#N)c(N)c2C#N)cc1. The Morgan fingerprint density at radius 3 is 1.86 bits per heavy atom. The van der Waals surface area contributed by atoms with Crippen LogP contribution < -0.4 is 5.73 Å². The van der Waals surface area contributed by atoms with Gasteiger partial charge in [0.25, 0.3) is 0 Å². The minimum atomic E-state index is -0.437. The Labute approximate surface area is 163 Å². The normalized spacial score (nSPS) is 10.0. The number of carbonyl (C=O) groups is 1. The van der Waals surface area contributed by atoms with Crippen LogP contribution in [0.1, 0.15) is 27.0 Å². The van der Waals surface area contributed by atoms with E-state index in [1.165, 1.54) is 7.11 Å². The number of esters is 1. The van der Waals surface area contributed by atoms with E-state index >= 15 is 0 Å². The third kappa shape index (κ3) is 3.06. The fourth-order valence-electron chi connectivity index (χ4n) is 3.34. The molecule has 0 aromatic heterocycles. The fraction of sp³-hybridized carbons (Fsp3) is 0.0870. The number of carbonyl (C=O) groups excluding carboxylic acids is 1. The van der Waals surface area contributed by atoms with Gasteiger partial charge in [-0.3, -0.25) is 0 Å². The van der Waals surface area contributed by atoms with Crippen LogP contribution in [-0.2, 0) is 4.74 Å². The summed E-state index contributed by atoms with van der Waals surface area (Å²) in [6.45, 7) is 1.87. The molecule has 0 aliphatic carbocycles. The summed E-state index contributed by atoms with van der Waals surface area (Å²) in [5.41, 5.74) is 11.0. The van der Waals surface area contributed by atoms with Gasteiger partial charge in [0.15, 0.2) is 0 Å². The van der Waals surface area contributed by atoms with Crippen molar-refractivity contribution >= 4 is 11.7 Å². The standard InChI is InChI=1S/C23H17N3O2/c1-14-20(15-6-4-3-5-7-15)18(12-24)22(26)19(13-25)21(14)16-8-10-17(11-9-16)23(27)28-2/h3-11H,26H2,1-2H3. The summed E-state index contributed by atoms with van der Waals surface area (Å²) in [4.78, 5) is 11.7. The lowest BCUT2D eigenvalue weighted by molar-refractivity contribution is 0.0601. The number of benzene rings is 3. The van der Waals surface area contributed by atoms with E-state index in [1.807, 2.05) is 37.3 Å². The zero-order chi connectivity index (χ0) is 20.3. The van der Waals surface area contributed by atoms with Crippen LogP contribution in [0, 0.1) is 29.6 Å². The zero-order valence-electron chi connectivity index (χ0n) is 15.5. The second kappa shape index (κ2) is 7.65. The molecular weight excluding hydrogens is 350 g/mol. The van der Waals surface area contributed by atoms with E-state index in [2.05, 4.69) is 12.1 Å². The number of nitriles is 2. The quantitative estimate of drug-likeness (QED) is 0.545. The molecule has 3 rings (SSSR count). The molecule has 0 spiro atoms. The summed E-state index contributed by atoms with van der Waals surface area (Å²) in [5, 5.41) is 19.4. The van der Waals surface area contributed by atoms with Crippen LogP contribution in [0.3, 0.4) is 0 Å². The predicted molar refractivity (Wildman–Crippen MR) is 107 cm³/mol. The number of anilines is 1. The summed E-state index contributed by atoms with van der Waals surface area (Å²) < 4.78 is 4.73. The number of nitrogens with two attached hydrogens (primary N) is 1. The molecule has 0 radical (unpaired) electrons. The maximum atomic E-state index is 11.7. The number of nitrogens with zero attached hydrogens (tertiary/aromatic N) is 2. The molecule has 0 atom stereocenters. The molecule has 5 heteroatoms. The van der Waals surface area contributed by atoms with E-state index in [-0.39, 0.29) is 16.8 Å². The number of ether oxygens (including phenoxy) is 1. The van der Waals surface area contributed by atoms with Crippen molar-refractivity contribution in [2.45, 2.75) is 6.92 Å². The van der Waals surface area contributed by atoms with Crippen molar-refractivity contribution in [1.82, 2.24) is 0 Å². The molecule has 0 saturated carbocycles. The van der Waals surface area contributed by atoms with Gasteiger partial charge in [-0.1, -0.05) is 42.5 Å². The van der Waals surface area contributed by atoms with Gasteiger partial charge in [-0.05, 0) is 35.7 Å². The molecule has 0 aliphatic heterocycles. The van der Waals surface area contributed by atoms with Gasteiger partial charge in [0.1, 0.15) is 12.1 Å². The molecule has 28 heavy (non-hydrogen) atoms. The maximum Gasteiger partial charge on any atom is 0.337 e. The highest BCUT2D eigenvalue weighted by molar-refractivity contribution is 5.94. The Morgan fingerprint density at radius 2 is 1.39 bits per heavy atom. The Bertz CT molecular complexity index is 1140. The van der Waals surface area contributed by atoms with Crippen LogP contribution in [0.15, 0.2) is 54.6 Å². The van der Waals surface area contributed by atoms with Gasteiger partial charge in [-0.2, -0.15) is 10.5 Å². The average molecular weight is 367 g/mol. The number of nitrogen functional groups attached to an aromatic ring is 1. The van der Waals surface area contributed by atoms with Crippen molar-refractivity contribution in [3.05, 3.63) is 76.9 Å². The van der Waals surface area contributed by atoms with Crippen LogP contribution >= 0.6 is 0 Å². The van der Waals surface area contributed by atoms with Crippen molar-refractivity contribution in [1.29, 1.82) is 10.5 Å². The summed E-state index contributed by atoms with van der Waals surface area (Å²) in [6, 6.07) is 20.5. The lowest BCUT2D eigenvalue weighted by atomic mass is 9.84. The Balaban J connectivity index is 2.33. The van der Waals surface area contributed by atoms with Crippen LogP contribution in [0.4, 0.5) is 5.69 Å². The predicted octanol–water partition coefficient (Wildman–Crippen LogP) is 4.44. The Morgan fingerprint density at radius 1 is 0.893 bits per heavy atom. The third-order valence-corrected chi connectivity index (χ3v) is 4.67. The second-order valence-corrected chi connectivity index (χ2v) is 6.20. The van der Waals surface area contributed by atoms with Gasteiger partial charge < -0.3 is 10.5 Å². The van der Waals surface area contributed by atoms with E-state index in [9.17, 15) is 15.3 Å². The first-order valence-corrected chi connectivity index (χ1v) is 8.53. The zero-order valence-corrected chi connectivity index (χ0v) is 15.5. The minimum absolute atomic E-state index is 0.154. The van der Waals surface area contributed by atoms with Gasteiger partial charge >= 0.3 is 5.97 Å². The number of rotatable bonds is 3. The van der Waals surface area contributed by atoms with E-state index in [0.717, 1.165) is 16.7 Å². The second-order valence-electron chi connectivity index (χ2n) is 6.20. The van der Waals surface area contributed by atoms with Crippen LogP contribution in [0.2, 0.25) is 0 Å². The highest BCUT2D eigenvalue weighted by Gasteiger charge is 2.22. The smallest absolute Gasteiger partial charge is 0.337 e. The van der Waals surface area contributed by atoms with Crippen LogP contribution in [0.25, 0.3) is 22.3 Å². The van der Waals surface area contributed by atoms with Gasteiger partial charge in [0, 0.05) is 11.1 Å². The molecule has 136 valence electrons. The van der Waals surface area contributed by atoms with E-state index < -0.39 is 5.97 Å². The number of methoxy groups -OCH3 is 1. The van der Waals surface area contributed by atoms with Crippen molar-refractivity contribution in [3.63, 3.8) is 0 Å². The molecule has 3 aromatic rings. The van der Waals surface area contributed by atoms with E-state index in [0.29, 0.717) is 16.7 Å². The first-order chi connectivity index (χ1) is 13.5. The molecule has 0 unspecified atom stereocenters. The Hall–Kier alpha value is -4.09. The van der Waals surface area contributed by atoms with Gasteiger partial charge in [0.2, 0.25) is 0 Å². The number of hydrogen-bond acceptors (Lipinski definition) is 5. The van der Waals surface area contributed by atoms with E-state index in [4.69, 9.17) is 10.5 Å². The van der Waals surface area contributed by atoms with Crippen LogP contribution in [-0.4, -0.2) is 13.1 Å². The Kier molecular flexibility index (Phi) is 5.11. The third-order valence-electron chi connectivity index (χ3n) is 4.67. The van der Waals surface area contributed by atoms with Crippen molar-refractivity contribution in [2.75, 3.05) is 12.8 Å². The first kappa shape index (κ1) is 18.7. The largest absolute Gasteiger partial charge is 0.465 e. The molecule has 0 bridgehead atoms. The summed E-state index contributed by atoms with van der Waals surface area (Å²) in [6.07, 6.45) is 0. The van der Waals surface area contributed by atoms with Gasteiger partial charge in [-0.25, -0.2) is 4.79 Å². The number of hydrogen-bond donors (Lipinski definition) is 1. The van der Waals surface area contributed by atoms with Crippen molar-refractivity contribution in [3.8, 4) is 34.4 Å².